The van der Waals surface area contributed by atoms with E-state index in [0.717, 1.165) is 36.1 Å². The fourth-order valence-corrected chi connectivity index (χ4v) is 3.46. The molecule has 1 saturated carbocycles. The first-order valence-corrected chi connectivity index (χ1v) is 9.13. The van der Waals surface area contributed by atoms with Gasteiger partial charge in [-0.25, -0.2) is 0 Å². The van der Waals surface area contributed by atoms with E-state index in [1.165, 1.54) is 0 Å². The molecule has 0 aliphatic heterocycles. The van der Waals surface area contributed by atoms with Crippen molar-refractivity contribution in [1.82, 2.24) is 15.5 Å². The zero-order valence-corrected chi connectivity index (χ0v) is 14.8. The lowest BCUT2D eigenvalue weighted by molar-refractivity contribution is -0.141. The average Bonchev–Trinajstić information content (AvgIpc) is 3.37. The molecule has 2 atom stereocenters. The second kappa shape index (κ2) is 7.72. The van der Waals surface area contributed by atoms with Gasteiger partial charge in [0.2, 0.25) is 5.82 Å². The largest absolute Gasteiger partial charge is 0.481 e. The molecular weight excluding hydrogens is 342 g/mol. The molecular formula is C21H21N3O3. The molecule has 6 heteroatoms. The lowest BCUT2D eigenvalue weighted by Crippen LogP contribution is -2.26. The third-order valence-electron chi connectivity index (χ3n) is 5.04. The van der Waals surface area contributed by atoms with Crippen LogP contribution in [0.2, 0.25) is 0 Å². The smallest absolute Gasteiger partial charge is 0.306 e. The van der Waals surface area contributed by atoms with Gasteiger partial charge < -0.3 is 14.9 Å². The van der Waals surface area contributed by atoms with Gasteiger partial charge in [-0.2, -0.15) is 4.98 Å². The number of hydrogen-bond acceptors (Lipinski definition) is 5. The Balaban J connectivity index is 1.37. The first-order valence-electron chi connectivity index (χ1n) is 9.13. The minimum absolute atomic E-state index is 0.207. The highest BCUT2D eigenvalue weighted by molar-refractivity contribution is 5.70. The highest BCUT2D eigenvalue weighted by atomic mass is 16.5. The van der Waals surface area contributed by atoms with Crippen LogP contribution in [0, 0.1) is 5.92 Å². The zero-order chi connectivity index (χ0) is 18.6. The molecule has 0 spiro atoms. The van der Waals surface area contributed by atoms with Gasteiger partial charge in [0, 0.05) is 23.7 Å². The lowest BCUT2D eigenvalue weighted by atomic mass is 10.1. The Morgan fingerprint density at radius 1 is 1.07 bits per heavy atom. The molecule has 1 aliphatic carbocycles. The Hall–Kier alpha value is -2.99. The Bertz CT molecular complexity index is 906. The molecule has 2 aromatic carbocycles. The summed E-state index contributed by atoms with van der Waals surface area (Å²) in [5.41, 5.74) is 2.94. The van der Waals surface area contributed by atoms with E-state index in [-0.39, 0.29) is 12.0 Å². The van der Waals surface area contributed by atoms with Crippen molar-refractivity contribution in [2.75, 3.05) is 0 Å². The van der Waals surface area contributed by atoms with Crippen LogP contribution in [0.4, 0.5) is 0 Å². The topological polar surface area (TPSA) is 88.2 Å². The van der Waals surface area contributed by atoms with Gasteiger partial charge in [-0.05, 0) is 37.0 Å². The van der Waals surface area contributed by atoms with E-state index < -0.39 is 5.97 Å². The van der Waals surface area contributed by atoms with Crippen LogP contribution < -0.4 is 5.32 Å². The van der Waals surface area contributed by atoms with Crippen LogP contribution in [0.1, 0.15) is 24.8 Å². The van der Waals surface area contributed by atoms with Gasteiger partial charge in [-0.1, -0.05) is 47.6 Å². The number of carbonyl (C=O) groups is 1. The van der Waals surface area contributed by atoms with Crippen LogP contribution >= 0.6 is 0 Å². The summed E-state index contributed by atoms with van der Waals surface area (Å²) in [6.45, 7) is 0.719. The molecule has 138 valence electrons. The van der Waals surface area contributed by atoms with E-state index >= 15 is 0 Å². The molecule has 4 rings (SSSR count). The number of nitrogens with zero attached hydrogens (tertiary/aromatic N) is 2. The first kappa shape index (κ1) is 17.4. The minimum Gasteiger partial charge on any atom is -0.481 e. The molecule has 1 fully saturated rings. The van der Waals surface area contributed by atoms with Gasteiger partial charge in [0.05, 0.1) is 5.92 Å². The van der Waals surface area contributed by atoms with Gasteiger partial charge in [-0.15, -0.1) is 0 Å². The van der Waals surface area contributed by atoms with E-state index in [2.05, 4.69) is 15.5 Å². The Kier molecular flexibility index (Phi) is 4.98. The summed E-state index contributed by atoms with van der Waals surface area (Å²) >= 11 is 0. The highest BCUT2D eigenvalue weighted by Crippen LogP contribution is 2.26. The molecule has 3 aromatic rings. The number of rotatable bonds is 6. The molecule has 27 heavy (non-hydrogen) atoms. The van der Waals surface area contributed by atoms with Crippen LogP contribution in [0.3, 0.4) is 0 Å². The molecule has 0 radical (unpaired) electrons. The van der Waals surface area contributed by atoms with Crippen LogP contribution in [0.15, 0.2) is 59.1 Å². The molecule has 0 amide bonds. The third kappa shape index (κ3) is 4.06. The number of aliphatic carboxylic acids is 1. The van der Waals surface area contributed by atoms with Crippen LogP contribution in [-0.2, 0) is 11.3 Å². The van der Waals surface area contributed by atoms with Gasteiger partial charge in [0.15, 0.2) is 0 Å². The quantitative estimate of drug-likeness (QED) is 0.693. The second-order valence-electron chi connectivity index (χ2n) is 6.91. The molecule has 1 aromatic heterocycles. The Morgan fingerprint density at radius 2 is 1.85 bits per heavy atom. The van der Waals surface area contributed by atoms with E-state index in [1.54, 1.807) is 0 Å². The molecule has 1 aliphatic rings. The van der Waals surface area contributed by atoms with E-state index in [9.17, 15) is 4.79 Å². The van der Waals surface area contributed by atoms with Crippen LogP contribution in [-0.4, -0.2) is 27.3 Å². The third-order valence-corrected chi connectivity index (χ3v) is 5.04. The molecule has 1 heterocycles. The summed E-state index contributed by atoms with van der Waals surface area (Å²) in [5, 5.41) is 16.6. The number of nitrogens with one attached hydrogen (secondary N) is 1. The van der Waals surface area contributed by atoms with Gasteiger partial charge in [0.25, 0.3) is 5.89 Å². The van der Waals surface area contributed by atoms with Crippen molar-refractivity contribution >= 4 is 5.97 Å². The maximum absolute atomic E-state index is 11.0. The number of carboxylic acid groups (broad SMARTS) is 1. The number of carboxylic acids is 1. The second-order valence-corrected chi connectivity index (χ2v) is 6.91. The molecule has 2 N–H and O–H groups in total. The maximum Gasteiger partial charge on any atom is 0.306 e. The minimum atomic E-state index is -0.682. The predicted octanol–water partition coefficient (Wildman–Crippen LogP) is 3.75. The van der Waals surface area contributed by atoms with Crippen molar-refractivity contribution in [2.45, 2.75) is 31.8 Å². The number of aromatic nitrogens is 2. The summed E-state index contributed by atoms with van der Waals surface area (Å²) in [6, 6.07) is 18.0. The van der Waals surface area contributed by atoms with Crippen molar-refractivity contribution < 1.29 is 14.4 Å². The Labute approximate surface area is 157 Å². The molecule has 0 unspecified atom stereocenters. The van der Waals surface area contributed by atoms with E-state index in [0.29, 0.717) is 18.1 Å². The van der Waals surface area contributed by atoms with E-state index in [1.807, 2.05) is 54.6 Å². The highest BCUT2D eigenvalue weighted by Gasteiger charge is 2.29. The van der Waals surface area contributed by atoms with E-state index in [4.69, 9.17) is 9.63 Å². The number of hydrogen-bond donors (Lipinski definition) is 2. The summed E-state index contributed by atoms with van der Waals surface area (Å²) in [4.78, 5) is 15.5. The summed E-state index contributed by atoms with van der Waals surface area (Å²) in [6.07, 6.45) is 2.38. The van der Waals surface area contributed by atoms with Crippen LogP contribution in [0.25, 0.3) is 22.8 Å². The SMILES string of the molecule is O=C(O)[C@H]1CC[C@@H](NCc2ccc(-c3nc(-c4ccccc4)no3)cc2)C1. The first-order chi connectivity index (χ1) is 13.2. The lowest BCUT2D eigenvalue weighted by Gasteiger charge is -2.12. The summed E-state index contributed by atoms with van der Waals surface area (Å²) < 4.78 is 5.39. The van der Waals surface area contributed by atoms with Crippen molar-refractivity contribution in [3.05, 3.63) is 60.2 Å². The van der Waals surface area contributed by atoms with Gasteiger partial charge in [0.1, 0.15) is 0 Å². The normalized spacial score (nSPS) is 19.3. The molecule has 0 bridgehead atoms. The van der Waals surface area contributed by atoms with Crippen molar-refractivity contribution in [3.63, 3.8) is 0 Å². The van der Waals surface area contributed by atoms with Gasteiger partial charge >= 0.3 is 5.97 Å². The standard InChI is InChI=1S/C21H21N3O3/c25-21(26)17-10-11-18(12-17)22-13-14-6-8-16(9-7-14)20-23-19(24-27-20)15-4-2-1-3-5-15/h1-9,17-18,22H,10-13H2,(H,25,26)/t17-,18+/m0/s1. The molecule has 6 nitrogen and oxygen atoms in total. The van der Waals surface area contributed by atoms with Crippen molar-refractivity contribution in [1.29, 1.82) is 0 Å². The van der Waals surface area contributed by atoms with Crippen LogP contribution in [0.5, 0.6) is 0 Å². The molecule has 0 saturated heterocycles. The fraction of sp³-hybridized carbons (Fsp3) is 0.286. The monoisotopic (exact) mass is 363 g/mol. The Morgan fingerprint density at radius 3 is 2.56 bits per heavy atom. The summed E-state index contributed by atoms with van der Waals surface area (Å²) in [7, 11) is 0. The van der Waals surface area contributed by atoms with Crippen molar-refractivity contribution in [2.24, 2.45) is 5.92 Å². The maximum atomic E-state index is 11.0. The predicted molar refractivity (Wildman–Crippen MR) is 101 cm³/mol. The number of benzene rings is 2. The van der Waals surface area contributed by atoms with Gasteiger partial charge in [-0.3, -0.25) is 4.79 Å². The fourth-order valence-electron chi connectivity index (χ4n) is 3.46. The average molecular weight is 363 g/mol. The zero-order valence-electron chi connectivity index (χ0n) is 14.8. The summed E-state index contributed by atoms with van der Waals surface area (Å²) in [5.74, 6) is 0.179. The van der Waals surface area contributed by atoms with Crippen molar-refractivity contribution in [3.8, 4) is 22.8 Å².